The van der Waals surface area contributed by atoms with Gasteiger partial charge in [0.05, 0.1) is 16.1 Å². The van der Waals surface area contributed by atoms with Gasteiger partial charge in [-0.1, -0.05) is 23.2 Å². The monoisotopic (exact) mass is 402 g/mol. The summed E-state index contributed by atoms with van der Waals surface area (Å²) in [6.07, 6.45) is 0. The molecular formula is C16H12Cl2O4S2. The van der Waals surface area contributed by atoms with Crippen molar-refractivity contribution in [1.82, 2.24) is 0 Å². The van der Waals surface area contributed by atoms with Gasteiger partial charge in [0.15, 0.2) is 0 Å². The van der Waals surface area contributed by atoms with Crippen LogP contribution in [-0.4, -0.2) is 33.7 Å². The van der Waals surface area contributed by atoms with Crippen LogP contribution in [0.15, 0.2) is 46.2 Å². The fourth-order valence-electron chi connectivity index (χ4n) is 1.88. The van der Waals surface area contributed by atoms with E-state index in [1.165, 1.54) is 23.9 Å². The van der Waals surface area contributed by atoms with Crippen molar-refractivity contribution < 1.29 is 19.8 Å². The molecule has 4 nitrogen and oxygen atoms in total. The van der Waals surface area contributed by atoms with Crippen LogP contribution in [0.4, 0.5) is 0 Å². The van der Waals surface area contributed by atoms with Gasteiger partial charge in [0.2, 0.25) is 0 Å². The van der Waals surface area contributed by atoms with Crippen molar-refractivity contribution in [2.24, 2.45) is 0 Å². The molecule has 0 aliphatic heterocycles. The van der Waals surface area contributed by atoms with Crippen LogP contribution < -0.4 is 0 Å². The summed E-state index contributed by atoms with van der Waals surface area (Å²) in [6.45, 7) is 0. The first-order valence-electron chi connectivity index (χ1n) is 6.70. The highest BCUT2D eigenvalue weighted by atomic mass is 35.5. The van der Waals surface area contributed by atoms with Crippen molar-refractivity contribution in [2.45, 2.75) is 9.79 Å². The number of carbonyl (C=O) groups is 2. The smallest absolute Gasteiger partial charge is 0.336 e. The summed E-state index contributed by atoms with van der Waals surface area (Å²) >= 11 is 15.0. The van der Waals surface area contributed by atoms with E-state index in [-0.39, 0.29) is 11.1 Å². The molecule has 2 rings (SSSR count). The molecule has 126 valence electrons. The minimum Gasteiger partial charge on any atom is -0.478 e. The van der Waals surface area contributed by atoms with Crippen LogP contribution in [0.25, 0.3) is 0 Å². The second kappa shape index (κ2) is 8.67. The van der Waals surface area contributed by atoms with Crippen LogP contribution in [0.3, 0.4) is 0 Å². The number of thioether (sulfide) groups is 2. The van der Waals surface area contributed by atoms with Crippen molar-refractivity contribution in [3.63, 3.8) is 0 Å². The predicted molar refractivity (Wildman–Crippen MR) is 98.3 cm³/mol. The number of halogens is 2. The highest BCUT2D eigenvalue weighted by Gasteiger charge is 2.16. The van der Waals surface area contributed by atoms with E-state index in [2.05, 4.69) is 0 Å². The molecule has 0 aliphatic rings. The summed E-state index contributed by atoms with van der Waals surface area (Å²) in [5.74, 6) is -1.03. The molecule has 0 fully saturated rings. The van der Waals surface area contributed by atoms with Gasteiger partial charge in [0.1, 0.15) is 0 Å². The van der Waals surface area contributed by atoms with E-state index in [0.29, 0.717) is 14.9 Å². The summed E-state index contributed by atoms with van der Waals surface area (Å²) in [4.78, 5) is 23.8. The number of rotatable bonds is 7. The van der Waals surface area contributed by atoms with Crippen LogP contribution in [0.2, 0.25) is 10.0 Å². The lowest BCUT2D eigenvalue weighted by Crippen LogP contribution is -2.07. The van der Waals surface area contributed by atoms with E-state index in [9.17, 15) is 9.59 Å². The molecule has 2 N–H and O–H groups in total. The summed E-state index contributed by atoms with van der Waals surface area (Å²) in [5, 5.41) is 19.3. The maximum atomic E-state index is 11.2. The van der Waals surface area contributed by atoms with Crippen LogP contribution in [0.5, 0.6) is 0 Å². The van der Waals surface area contributed by atoms with Gasteiger partial charge < -0.3 is 10.2 Å². The van der Waals surface area contributed by atoms with Crippen molar-refractivity contribution in [3.8, 4) is 0 Å². The van der Waals surface area contributed by atoms with Crippen LogP contribution in [-0.2, 0) is 0 Å². The number of benzene rings is 2. The van der Waals surface area contributed by atoms with E-state index < -0.39 is 11.9 Å². The van der Waals surface area contributed by atoms with Crippen LogP contribution in [0.1, 0.15) is 20.7 Å². The standard InChI is InChI=1S/C16H12Cl2O4S2/c17-9-1-4-14(13(18)7-9)24-6-5-23-10-2-3-11(15(19)20)12(8-10)16(21)22/h1-4,7-8H,5-6H2,(H,19,20)(H,21,22). The lowest BCUT2D eigenvalue weighted by atomic mass is 10.1. The number of carboxylic acid groups (broad SMARTS) is 2. The molecule has 0 bridgehead atoms. The van der Waals surface area contributed by atoms with E-state index in [4.69, 9.17) is 33.4 Å². The van der Waals surface area contributed by atoms with E-state index in [1.807, 2.05) is 6.07 Å². The topological polar surface area (TPSA) is 74.6 Å². The second-order valence-electron chi connectivity index (χ2n) is 4.59. The Bertz CT molecular complexity index is 781. The lowest BCUT2D eigenvalue weighted by Gasteiger charge is -2.07. The molecule has 2 aromatic rings. The molecule has 0 unspecified atom stereocenters. The van der Waals surface area contributed by atoms with E-state index >= 15 is 0 Å². The Morgan fingerprint density at radius 1 is 0.875 bits per heavy atom. The maximum Gasteiger partial charge on any atom is 0.336 e. The number of hydrogen-bond acceptors (Lipinski definition) is 4. The zero-order valence-electron chi connectivity index (χ0n) is 12.2. The first-order valence-corrected chi connectivity index (χ1v) is 9.42. The first-order chi connectivity index (χ1) is 11.4. The van der Waals surface area contributed by atoms with E-state index in [1.54, 1.807) is 30.0 Å². The summed E-state index contributed by atoms with van der Waals surface area (Å²) < 4.78 is 0. The van der Waals surface area contributed by atoms with E-state index in [0.717, 1.165) is 16.4 Å². The Morgan fingerprint density at radius 3 is 2.17 bits per heavy atom. The average molecular weight is 403 g/mol. The van der Waals surface area contributed by atoms with Crippen molar-refractivity contribution in [1.29, 1.82) is 0 Å². The van der Waals surface area contributed by atoms with Gasteiger partial charge in [-0.15, -0.1) is 23.5 Å². The maximum absolute atomic E-state index is 11.2. The van der Waals surface area contributed by atoms with Gasteiger partial charge in [-0.05, 0) is 36.4 Å². The summed E-state index contributed by atoms with van der Waals surface area (Å²) in [5.41, 5.74) is -0.421. The molecule has 0 aliphatic carbocycles. The average Bonchev–Trinajstić information content (AvgIpc) is 2.52. The molecule has 0 heterocycles. The minimum absolute atomic E-state index is 0.208. The Hall–Kier alpha value is -1.34. The largest absolute Gasteiger partial charge is 0.478 e. The third kappa shape index (κ3) is 5.08. The Morgan fingerprint density at radius 2 is 1.54 bits per heavy atom. The molecule has 0 spiro atoms. The first kappa shape index (κ1) is 19.0. The molecule has 2 aromatic carbocycles. The number of aromatic carboxylic acids is 2. The normalized spacial score (nSPS) is 10.6. The van der Waals surface area contributed by atoms with Crippen LogP contribution in [0, 0.1) is 0 Å². The number of hydrogen-bond donors (Lipinski definition) is 2. The van der Waals surface area contributed by atoms with Gasteiger partial charge in [0, 0.05) is 26.3 Å². The molecule has 24 heavy (non-hydrogen) atoms. The van der Waals surface area contributed by atoms with Crippen molar-refractivity contribution in [3.05, 3.63) is 57.6 Å². The van der Waals surface area contributed by atoms with Crippen molar-refractivity contribution >= 4 is 58.7 Å². The summed E-state index contributed by atoms with van der Waals surface area (Å²) in [6, 6.07) is 9.62. The quantitative estimate of drug-likeness (QED) is 0.484. The minimum atomic E-state index is -1.25. The van der Waals surface area contributed by atoms with Crippen LogP contribution >= 0.6 is 46.7 Å². The zero-order chi connectivity index (χ0) is 17.7. The lowest BCUT2D eigenvalue weighted by molar-refractivity contribution is 0.0651. The van der Waals surface area contributed by atoms with Gasteiger partial charge in [-0.2, -0.15) is 0 Å². The van der Waals surface area contributed by atoms with Gasteiger partial charge in [-0.25, -0.2) is 9.59 Å². The molecule has 0 saturated heterocycles. The van der Waals surface area contributed by atoms with Gasteiger partial charge in [-0.3, -0.25) is 0 Å². The fraction of sp³-hybridized carbons (Fsp3) is 0.125. The predicted octanol–water partition coefficient (Wildman–Crippen LogP) is 5.27. The second-order valence-corrected chi connectivity index (χ2v) is 7.74. The van der Waals surface area contributed by atoms with Crippen molar-refractivity contribution in [2.75, 3.05) is 11.5 Å². The molecule has 0 amide bonds. The third-order valence-corrected chi connectivity index (χ3v) is 5.94. The number of carboxylic acids is 2. The molecule has 0 aromatic heterocycles. The fourth-order valence-corrected chi connectivity index (χ4v) is 4.30. The van der Waals surface area contributed by atoms with Gasteiger partial charge in [0.25, 0.3) is 0 Å². The zero-order valence-corrected chi connectivity index (χ0v) is 15.3. The Balaban J connectivity index is 1.96. The molecular weight excluding hydrogens is 391 g/mol. The molecule has 0 atom stereocenters. The highest BCUT2D eigenvalue weighted by molar-refractivity contribution is 8.03. The SMILES string of the molecule is O=C(O)c1ccc(SCCSc2ccc(Cl)cc2Cl)cc1C(=O)O. The third-order valence-electron chi connectivity index (χ3n) is 2.96. The summed E-state index contributed by atoms with van der Waals surface area (Å²) in [7, 11) is 0. The Labute approximate surface area is 157 Å². The molecule has 8 heteroatoms. The Kier molecular flexibility index (Phi) is 6.86. The molecule has 0 saturated carbocycles. The molecule has 0 radical (unpaired) electrons. The van der Waals surface area contributed by atoms with Gasteiger partial charge >= 0.3 is 11.9 Å². The highest BCUT2D eigenvalue weighted by Crippen LogP contribution is 2.31.